The van der Waals surface area contributed by atoms with E-state index >= 15 is 0 Å². The highest BCUT2D eigenvalue weighted by molar-refractivity contribution is 9.09. The van der Waals surface area contributed by atoms with Crippen LogP contribution in [0.4, 0.5) is 0 Å². The van der Waals surface area contributed by atoms with Crippen LogP contribution in [-0.4, -0.2) is 16.0 Å². The van der Waals surface area contributed by atoms with Crippen molar-refractivity contribution < 1.29 is 0 Å². The summed E-state index contributed by atoms with van der Waals surface area (Å²) in [4.78, 5) is 8.59. The first-order valence-corrected chi connectivity index (χ1v) is 10.3. The Kier molecular flexibility index (Phi) is 6.12. The van der Waals surface area contributed by atoms with Crippen LogP contribution in [0.25, 0.3) is 5.57 Å². The Balaban J connectivity index is 2.53. The van der Waals surface area contributed by atoms with E-state index in [-0.39, 0.29) is 0 Å². The van der Waals surface area contributed by atoms with Crippen molar-refractivity contribution in [2.75, 3.05) is 5.33 Å². The van der Waals surface area contributed by atoms with Crippen molar-refractivity contribution in [2.24, 2.45) is 16.8 Å². The fraction of sp³-hybridized carbons (Fsp3) is 0.611. The molecule has 2 rings (SSSR count). The predicted molar refractivity (Wildman–Crippen MR) is 104 cm³/mol. The van der Waals surface area contributed by atoms with Crippen LogP contribution in [0, 0.1) is 18.8 Å². The number of H-pyrrole nitrogens is 1. The van der Waals surface area contributed by atoms with Gasteiger partial charge in [0.2, 0.25) is 0 Å². The summed E-state index contributed by atoms with van der Waals surface area (Å²) in [7, 11) is 0. The van der Waals surface area contributed by atoms with Gasteiger partial charge in [0.1, 0.15) is 0 Å². The lowest BCUT2D eigenvalue weighted by molar-refractivity contribution is 0.527. The van der Waals surface area contributed by atoms with Crippen LogP contribution in [0.15, 0.2) is 10.7 Å². The van der Waals surface area contributed by atoms with Crippen molar-refractivity contribution in [1.82, 2.24) is 4.98 Å². The molecule has 0 bridgehead atoms. The van der Waals surface area contributed by atoms with Crippen LogP contribution in [0.2, 0.25) is 0 Å². The molecule has 2 atom stereocenters. The van der Waals surface area contributed by atoms with Gasteiger partial charge in [-0.2, -0.15) is 0 Å². The smallest absolute Gasteiger partial charge is 0.0488 e. The molecular formula is C18H26Br2N2. The standard InChI is InChI=1S/C18H26Br2N2/c1-6-13-10(3)17(21-15(13)8-19)12(5)18-11(4)14(7-2)16(9-20)22-18/h10,13,22H,6-9H2,1-5H3/b17-12-. The first-order valence-electron chi connectivity index (χ1n) is 8.10. The van der Waals surface area contributed by atoms with Crippen LogP contribution in [0.1, 0.15) is 56.6 Å². The maximum Gasteiger partial charge on any atom is 0.0488 e. The molecule has 0 radical (unpaired) electrons. The number of alkyl halides is 2. The molecule has 2 unspecified atom stereocenters. The van der Waals surface area contributed by atoms with Gasteiger partial charge in [-0.3, -0.25) is 4.99 Å². The summed E-state index contributed by atoms with van der Waals surface area (Å²) in [5.74, 6) is 1.07. The molecule has 4 heteroatoms. The normalized spacial score (nSPS) is 23.9. The van der Waals surface area contributed by atoms with Crippen LogP contribution in [0.3, 0.4) is 0 Å². The van der Waals surface area contributed by atoms with Gasteiger partial charge in [0.15, 0.2) is 0 Å². The highest BCUT2D eigenvalue weighted by Gasteiger charge is 2.32. The Morgan fingerprint density at radius 1 is 1.23 bits per heavy atom. The number of aromatic nitrogens is 1. The largest absolute Gasteiger partial charge is 0.357 e. The Labute approximate surface area is 151 Å². The molecule has 0 fully saturated rings. The van der Waals surface area contributed by atoms with Crippen molar-refractivity contribution in [3.63, 3.8) is 0 Å². The van der Waals surface area contributed by atoms with Gasteiger partial charge in [0.25, 0.3) is 0 Å². The number of rotatable bonds is 5. The van der Waals surface area contributed by atoms with Gasteiger partial charge in [-0.25, -0.2) is 0 Å². The molecule has 1 aliphatic rings. The van der Waals surface area contributed by atoms with Crippen LogP contribution in [-0.2, 0) is 11.8 Å². The maximum atomic E-state index is 4.97. The summed E-state index contributed by atoms with van der Waals surface area (Å²) < 4.78 is 0. The number of halogens is 2. The number of nitrogens with zero attached hydrogens (tertiary/aromatic N) is 1. The van der Waals surface area contributed by atoms with Gasteiger partial charge < -0.3 is 4.98 Å². The second-order valence-corrected chi connectivity index (χ2v) is 7.24. The van der Waals surface area contributed by atoms with Gasteiger partial charge in [-0.05, 0) is 43.4 Å². The number of hydrogen-bond donors (Lipinski definition) is 1. The van der Waals surface area contributed by atoms with E-state index in [9.17, 15) is 0 Å². The van der Waals surface area contributed by atoms with E-state index < -0.39 is 0 Å². The quantitative estimate of drug-likeness (QED) is 0.554. The van der Waals surface area contributed by atoms with E-state index in [4.69, 9.17) is 4.99 Å². The molecule has 0 saturated heterocycles. The minimum atomic E-state index is 0.498. The van der Waals surface area contributed by atoms with Gasteiger partial charge in [0.05, 0.1) is 0 Å². The van der Waals surface area contributed by atoms with E-state index in [1.807, 2.05) is 0 Å². The highest BCUT2D eigenvalue weighted by Crippen LogP contribution is 2.39. The average Bonchev–Trinajstić information content (AvgIpc) is 3.02. The number of hydrogen-bond acceptors (Lipinski definition) is 1. The third-order valence-electron chi connectivity index (χ3n) is 5.02. The van der Waals surface area contributed by atoms with Crippen molar-refractivity contribution in [2.45, 2.75) is 52.8 Å². The Morgan fingerprint density at radius 2 is 1.91 bits per heavy atom. The molecule has 2 heterocycles. The van der Waals surface area contributed by atoms with E-state index in [0.29, 0.717) is 11.8 Å². The van der Waals surface area contributed by atoms with Crippen LogP contribution < -0.4 is 0 Å². The van der Waals surface area contributed by atoms with Gasteiger partial charge in [0, 0.05) is 45.3 Å². The van der Waals surface area contributed by atoms with Crippen molar-refractivity contribution in [1.29, 1.82) is 0 Å². The fourth-order valence-corrected chi connectivity index (χ4v) is 4.77. The zero-order chi connectivity index (χ0) is 16.4. The van der Waals surface area contributed by atoms with E-state index in [2.05, 4.69) is 71.5 Å². The number of allylic oxidation sites excluding steroid dienone is 2. The van der Waals surface area contributed by atoms with Crippen molar-refractivity contribution in [3.05, 3.63) is 28.2 Å². The monoisotopic (exact) mass is 428 g/mol. The van der Waals surface area contributed by atoms with E-state index in [1.165, 1.54) is 39.5 Å². The summed E-state index contributed by atoms with van der Waals surface area (Å²) >= 11 is 7.20. The second kappa shape index (κ2) is 7.48. The molecule has 122 valence electrons. The van der Waals surface area contributed by atoms with Gasteiger partial charge in [-0.1, -0.05) is 52.6 Å². The zero-order valence-electron chi connectivity index (χ0n) is 14.2. The topological polar surface area (TPSA) is 28.1 Å². The van der Waals surface area contributed by atoms with Crippen molar-refractivity contribution in [3.8, 4) is 0 Å². The molecule has 0 aliphatic carbocycles. The minimum absolute atomic E-state index is 0.498. The molecule has 1 N–H and O–H groups in total. The first kappa shape index (κ1) is 18.0. The molecule has 1 aliphatic heterocycles. The number of nitrogens with one attached hydrogen (secondary N) is 1. The summed E-state index contributed by atoms with van der Waals surface area (Å²) in [6.07, 6.45) is 2.22. The zero-order valence-corrected chi connectivity index (χ0v) is 17.4. The molecule has 1 aromatic rings. The second-order valence-electron chi connectivity index (χ2n) is 6.12. The Hall–Kier alpha value is -0.350. The molecule has 0 saturated carbocycles. The third kappa shape index (κ3) is 3.01. The molecular weight excluding hydrogens is 404 g/mol. The lowest BCUT2D eigenvalue weighted by Crippen LogP contribution is -2.16. The Bertz CT molecular complexity index is 611. The summed E-state index contributed by atoms with van der Waals surface area (Å²) in [6, 6.07) is 0. The average molecular weight is 430 g/mol. The summed E-state index contributed by atoms with van der Waals surface area (Å²) in [5, 5.41) is 1.76. The lowest BCUT2D eigenvalue weighted by Gasteiger charge is -2.16. The number of aromatic amines is 1. The number of aliphatic imine (C=N–C) groups is 1. The SMILES string of the molecule is CCc1c(CBr)[nH]c(/C(C)=C2\N=C(CBr)C(CC)C2C)c1C. The van der Waals surface area contributed by atoms with E-state index in [1.54, 1.807) is 0 Å². The fourth-order valence-electron chi connectivity index (χ4n) is 3.76. The molecule has 1 aromatic heterocycles. The molecule has 2 nitrogen and oxygen atoms in total. The summed E-state index contributed by atoms with van der Waals surface area (Å²) in [5.41, 5.74) is 9.25. The minimum Gasteiger partial charge on any atom is -0.357 e. The third-order valence-corrected chi connectivity index (χ3v) is 6.15. The van der Waals surface area contributed by atoms with Gasteiger partial charge in [-0.15, -0.1) is 0 Å². The summed E-state index contributed by atoms with van der Waals surface area (Å²) in [6.45, 7) is 11.2. The first-order chi connectivity index (χ1) is 10.5. The van der Waals surface area contributed by atoms with Crippen molar-refractivity contribution >= 4 is 43.1 Å². The highest BCUT2D eigenvalue weighted by atomic mass is 79.9. The predicted octanol–water partition coefficient (Wildman–Crippen LogP) is 6.02. The molecule has 22 heavy (non-hydrogen) atoms. The van der Waals surface area contributed by atoms with Crippen LogP contribution in [0.5, 0.6) is 0 Å². The van der Waals surface area contributed by atoms with Gasteiger partial charge >= 0.3 is 0 Å². The molecule has 0 amide bonds. The molecule has 0 aromatic carbocycles. The molecule has 0 spiro atoms. The van der Waals surface area contributed by atoms with Crippen LogP contribution >= 0.6 is 31.9 Å². The maximum absolute atomic E-state index is 4.97. The lowest BCUT2D eigenvalue weighted by atomic mass is 9.87. The Morgan fingerprint density at radius 3 is 2.32 bits per heavy atom. The van der Waals surface area contributed by atoms with E-state index in [0.717, 1.165) is 23.5 Å².